The molecule has 3 aromatic heterocycles. The van der Waals surface area contributed by atoms with Crippen molar-refractivity contribution in [1.82, 2.24) is 13.9 Å². The number of amides is 2. The van der Waals surface area contributed by atoms with Crippen LogP contribution in [-0.2, 0) is 24.3 Å². The van der Waals surface area contributed by atoms with Crippen molar-refractivity contribution in [2.75, 3.05) is 43.3 Å². The number of morpholine rings is 1. The first kappa shape index (κ1) is 27.7. The number of ether oxygens (including phenoxy) is 2. The highest BCUT2D eigenvalue weighted by Gasteiger charge is 2.32. The molecule has 1 fully saturated rings. The van der Waals surface area contributed by atoms with Crippen LogP contribution in [0.2, 0.25) is 0 Å². The van der Waals surface area contributed by atoms with Crippen molar-refractivity contribution in [3.05, 3.63) is 47.1 Å². The minimum absolute atomic E-state index is 0.0699. The average molecular weight is 563 g/mol. The molecule has 14 heteroatoms. The van der Waals surface area contributed by atoms with E-state index in [1.165, 1.54) is 30.7 Å². The Hall–Kier alpha value is -3.33. The van der Waals surface area contributed by atoms with E-state index >= 15 is 0 Å². The lowest BCUT2D eigenvalue weighted by molar-refractivity contribution is -0.118. The van der Waals surface area contributed by atoms with Gasteiger partial charge < -0.3 is 25.4 Å². The number of nitrogens with zero attached hydrogens (tertiary/aromatic N) is 4. The summed E-state index contributed by atoms with van der Waals surface area (Å²) in [5.41, 5.74) is 6.52. The van der Waals surface area contributed by atoms with E-state index in [0.29, 0.717) is 11.4 Å². The molecule has 0 aromatic carbocycles. The van der Waals surface area contributed by atoms with Crippen molar-refractivity contribution >= 4 is 44.1 Å². The summed E-state index contributed by atoms with van der Waals surface area (Å²) in [4.78, 5) is 36.8. The molecule has 4 rings (SSSR count). The van der Waals surface area contributed by atoms with Gasteiger partial charge >= 0.3 is 0 Å². The predicted molar refractivity (Wildman–Crippen MR) is 144 cm³/mol. The molecule has 0 saturated carbocycles. The molecule has 1 aliphatic heterocycles. The highest BCUT2D eigenvalue weighted by molar-refractivity contribution is 7.89. The summed E-state index contributed by atoms with van der Waals surface area (Å²) in [6.07, 6.45) is 2.33. The fraction of sp³-hybridized carbons (Fsp3) is 0.417. The fourth-order valence-corrected chi connectivity index (χ4v) is 6.03. The van der Waals surface area contributed by atoms with Crippen molar-refractivity contribution in [3.63, 3.8) is 0 Å². The minimum atomic E-state index is -3.83. The van der Waals surface area contributed by atoms with Gasteiger partial charge in [0.05, 0.1) is 42.0 Å². The van der Waals surface area contributed by atoms with E-state index in [-0.39, 0.29) is 35.2 Å². The van der Waals surface area contributed by atoms with Gasteiger partial charge in [0.1, 0.15) is 17.4 Å². The molecular formula is C24H30N6O6S2. The highest BCUT2D eigenvalue weighted by atomic mass is 32.2. The number of rotatable bonds is 9. The maximum absolute atomic E-state index is 13.3. The van der Waals surface area contributed by atoms with Crippen LogP contribution in [0.1, 0.15) is 35.8 Å². The number of anilines is 2. The summed E-state index contributed by atoms with van der Waals surface area (Å²) < 4.78 is 36.5. The SMILES string of the molecule is COC[C@H](C(=O)Nc1nc(-c2cccc(N3C[C@@H](C)O[C@@H](C)C3)n2)cs1)c1c(C(N)=O)ccn1S(C)(=O)=O. The Morgan fingerprint density at radius 1 is 1.21 bits per heavy atom. The minimum Gasteiger partial charge on any atom is -0.383 e. The molecule has 3 atom stereocenters. The Bertz CT molecular complexity index is 1430. The van der Waals surface area contributed by atoms with E-state index in [2.05, 4.69) is 15.2 Å². The number of pyridine rings is 1. The standard InChI is InChI=1S/C24H30N6O6S2/c1-14-10-29(11-15(2)36-14)20-7-5-6-18(26-20)19-13-37-24(27-19)28-23(32)17(12-35-3)21-16(22(25)31)8-9-30(21)38(4,33)34/h5-9,13-15,17H,10-12H2,1-4H3,(H2,25,31)(H,27,28,32)/t14-,15+,17-/m0/s1. The second-order valence-corrected chi connectivity index (χ2v) is 11.8. The van der Waals surface area contributed by atoms with Crippen molar-refractivity contribution in [1.29, 1.82) is 0 Å². The molecule has 3 aromatic rings. The normalized spacial score (nSPS) is 18.8. The molecule has 2 amide bonds. The van der Waals surface area contributed by atoms with Crippen LogP contribution in [0.4, 0.5) is 10.9 Å². The summed E-state index contributed by atoms with van der Waals surface area (Å²) in [6.45, 7) is 5.31. The van der Waals surface area contributed by atoms with Gasteiger partial charge in [-0.1, -0.05) is 6.07 Å². The van der Waals surface area contributed by atoms with E-state index in [1.807, 2.05) is 32.0 Å². The Labute approximate surface area is 224 Å². The molecule has 0 spiro atoms. The van der Waals surface area contributed by atoms with Gasteiger partial charge in [0.2, 0.25) is 15.9 Å². The number of nitrogens with two attached hydrogens (primary N) is 1. The van der Waals surface area contributed by atoms with E-state index in [4.69, 9.17) is 20.2 Å². The van der Waals surface area contributed by atoms with Crippen LogP contribution in [0.15, 0.2) is 35.8 Å². The van der Waals surface area contributed by atoms with Crippen LogP contribution in [0.5, 0.6) is 0 Å². The van der Waals surface area contributed by atoms with Crippen LogP contribution in [0.3, 0.4) is 0 Å². The van der Waals surface area contributed by atoms with Gasteiger partial charge in [-0.3, -0.25) is 9.59 Å². The Morgan fingerprint density at radius 3 is 2.55 bits per heavy atom. The summed E-state index contributed by atoms with van der Waals surface area (Å²) in [5, 5.41) is 4.77. The molecule has 1 saturated heterocycles. The molecule has 0 bridgehead atoms. The maximum Gasteiger partial charge on any atom is 0.250 e. The number of aromatic nitrogens is 3. The van der Waals surface area contributed by atoms with E-state index in [9.17, 15) is 18.0 Å². The Morgan fingerprint density at radius 2 is 1.92 bits per heavy atom. The summed E-state index contributed by atoms with van der Waals surface area (Å²) in [7, 11) is -2.46. The number of hydrogen-bond donors (Lipinski definition) is 2. The number of hydrogen-bond acceptors (Lipinski definition) is 10. The lowest BCUT2D eigenvalue weighted by atomic mass is 10.0. The fourth-order valence-electron chi connectivity index (χ4n) is 4.46. The van der Waals surface area contributed by atoms with E-state index < -0.39 is 27.8 Å². The number of primary amides is 1. The van der Waals surface area contributed by atoms with Crippen LogP contribution in [0, 0.1) is 0 Å². The lowest BCUT2D eigenvalue weighted by Gasteiger charge is -2.36. The molecule has 38 heavy (non-hydrogen) atoms. The molecule has 1 aliphatic rings. The van der Waals surface area contributed by atoms with Gasteiger partial charge in [0.25, 0.3) is 5.91 Å². The van der Waals surface area contributed by atoms with E-state index in [0.717, 1.165) is 29.1 Å². The van der Waals surface area contributed by atoms with Crippen molar-refractivity contribution in [2.24, 2.45) is 5.73 Å². The zero-order valence-electron chi connectivity index (χ0n) is 21.4. The predicted octanol–water partition coefficient (Wildman–Crippen LogP) is 1.90. The molecule has 12 nitrogen and oxygen atoms in total. The molecule has 0 radical (unpaired) electrons. The number of nitrogens with one attached hydrogen (secondary N) is 1. The highest BCUT2D eigenvalue weighted by Crippen LogP contribution is 2.29. The first-order valence-electron chi connectivity index (χ1n) is 11.8. The Kier molecular flexibility index (Phi) is 8.16. The molecular weight excluding hydrogens is 532 g/mol. The third-order valence-electron chi connectivity index (χ3n) is 5.97. The van der Waals surface area contributed by atoms with Crippen LogP contribution in [0.25, 0.3) is 11.4 Å². The molecule has 3 N–H and O–H groups in total. The van der Waals surface area contributed by atoms with Crippen molar-refractivity contribution in [3.8, 4) is 11.4 Å². The number of thiazole rings is 1. The second kappa shape index (κ2) is 11.2. The summed E-state index contributed by atoms with van der Waals surface area (Å²) in [5.74, 6) is -1.80. The van der Waals surface area contributed by atoms with Gasteiger partial charge in [-0.05, 0) is 32.0 Å². The van der Waals surface area contributed by atoms with Gasteiger partial charge in [0.15, 0.2) is 5.13 Å². The summed E-state index contributed by atoms with van der Waals surface area (Å²) >= 11 is 1.19. The molecule has 204 valence electrons. The van der Waals surface area contributed by atoms with Gasteiger partial charge in [-0.25, -0.2) is 22.4 Å². The van der Waals surface area contributed by atoms with E-state index in [1.54, 1.807) is 5.38 Å². The van der Waals surface area contributed by atoms with Gasteiger partial charge in [-0.2, -0.15) is 0 Å². The summed E-state index contributed by atoms with van der Waals surface area (Å²) in [6, 6.07) is 6.94. The number of methoxy groups -OCH3 is 1. The van der Waals surface area contributed by atoms with Crippen molar-refractivity contribution in [2.45, 2.75) is 32.0 Å². The van der Waals surface area contributed by atoms with Crippen molar-refractivity contribution < 1.29 is 27.5 Å². The van der Waals surface area contributed by atoms with Crippen LogP contribution >= 0.6 is 11.3 Å². The lowest BCUT2D eigenvalue weighted by Crippen LogP contribution is -2.45. The number of carbonyl (C=O) groups excluding carboxylic acids is 2. The second-order valence-electron chi connectivity index (χ2n) is 9.12. The Balaban J connectivity index is 1.58. The first-order chi connectivity index (χ1) is 18.0. The number of carbonyl (C=O) groups is 2. The van der Waals surface area contributed by atoms with Crippen LogP contribution in [-0.4, -0.2) is 79.4 Å². The monoisotopic (exact) mass is 562 g/mol. The molecule has 0 unspecified atom stereocenters. The largest absolute Gasteiger partial charge is 0.383 e. The zero-order valence-corrected chi connectivity index (χ0v) is 23.1. The quantitative estimate of drug-likeness (QED) is 0.397. The zero-order chi connectivity index (χ0) is 27.6. The van der Waals surface area contributed by atoms with Gasteiger partial charge in [-0.15, -0.1) is 11.3 Å². The molecule has 4 heterocycles. The smallest absolute Gasteiger partial charge is 0.250 e. The topological polar surface area (TPSA) is 159 Å². The molecule has 0 aliphatic carbocycles. The van der Waals surface area contributed by atoms with Gasteiger partial charge in [0, 0.05) is 31.8 Å². The first-order valence-corrected chi connectivity index (χ1v) is 14.6. The average Bonchev–Trinajstić information content (AvgIpc) is 3.49. The third-order valence-corrected chi connectivity index (χ3v) is 7.76. The van der Waals surface area contributed by atoms with Crippen LogP contribution < -0.4 is 16.0 Å². The maximum atomic E-state index is 13.3. The third kappa shape index (κ3) is 6.04.